The van der Waals surface area contributed by atoms with E-state index in [0.29, 0.717) is 18.8 Å². The number of nitrogens with zero attached hydrogens (tertiary/aromatic N) is 2. The van der Waals surface area contributed by atoms with Gasteiger partial charge in [-0.1, -0.05) is 6.07 Å². The molecule has 2 aromatic heterocycles. The fraction of sp³-hybridized carbons (Fsp3) is 0.353. The molecule has 0 spiro atoms. The molecule has 120 valence electrons. The molecule has 1 saturated heterocycles. The van der Waals surface area contributed by atoms with Crippen molar-refractivity contribution in [2.75, 3.05) is 18.5 Å². The van der Waals surface area contributed by atoms with Crippen LogP contribution < -0.4 is 10.6 Å². The Morgan fingerprint density at radius 1 is 1.35 bits per heavy atom. The first-order chi connectivity index (χ1) is 11.3. The predicted octanol–water partition coefficient (Wildman–Crippen LogP) is 2.00. The maximum Gasteiger partial charge on any atom is 0.270 e. The second kappa shape index (κ2) is 7.69. The van der Waals surface area contributed by atoms with Gasteiger partial charge in [-0.25, -0.2) is 0 Å². The lowest BCUT2D eigenvalue weighted by atomic mass is 10.2. The molecule has 1 amide bonds. The van der Waals surface area contributed by atoms with Crippen LogP contribution in [0.15, 0.2) is 42.9 Å². The van der Waals surface area contributed by atoms with Gasteiger partial charge < -0.3 is 15.4 Å². The summed E-state index contributed by atoms with van der Waals surface area (Å²) in [6, 6.07) is 7.48. The Balaban J connectivity index is 1.54. The Hall–Kier alpha value is -2.47. The minimum absolute atomic E-state index is 0.130. The molecule has 6 nitrogen and oxygen atoms in total. The molecule has 0 aliphatic carbocycles. The SMILES string of the molecule is O=C(NCC1CCCO1)c1cc(NCc2cccnc2)ccn1. The van der Waals surface area contributed by atoms with Gasteiger partial charge in [-0.15, -0.1) is 0 Å². The standard InChI is InChI=1S/C17H20N4O2/c22-17(21-12-15-4-2-8-23-15)16-9-14(5-7-19-16)20-11-13-3-1-6-18-10-13/h1,3,5-7,9-10,15H,2,4,8,11-12H2,(H,19,20)(H,21,22). The number of anilines is 1. The van der Waals surface area contributed by atoms with E-state index in [1.807, 2.05) is 24.4 Å². The van der Waals surface area contributed by atoms with Crippen molar-refractivity contribution in [2.45, 2.75) is 25.5 Å². The van der Waals surface area contributed by atoms with Crippen LogP contribution in [0.2, 0.25) is 0 Å². The third-order valence-electron chi connectivity index (χ3n) is 3.73. The molecule has 1 aliphatic heterocycles. The number of carbonyl (C=O) groups excluding carboxylic acids is 1. The number of carbonyl (C=O) groups is 1. The lowest BCUT2D eigenvalue weighted by molar-refractivity contribution is 0.0854. The average Bonchev–Trinajstić information content (AvgIpc) is 3.12. The molecule has 0 radical (unpaired) electrons. The second-order valence-corrected chi connectivity index (χ2v) is 5.49. The van der Waals surface area contributed by atoms with Gasteiger partial charge in [0, 0.05) is 44.0 Å². The van der Waals surface area contributed by atoms with Crippen molar-refractivity contribution in [1.82, 2.24) is 15.3 Å². The fourth-order valence-electron chi connectivity index (χ4n) is 2.47. The van der Waals surface area contributed by atoms with E-state index in [4.69, 9.17) is 4.74 Å². The minimum Gasteiger partial charge on any atom is -0.381 e. The van der Waals surface area contributed by atoms with Gasteiger partial charge in [0.25, 0.3) is 5.91 Å². The van der Waals surface area contributed by atoms with Crippen LogP contribution >= 0.6 is 0 Å². The highest BCUT2D eigenvalue weighted by Gasteiger charge is 2.17. The molecule has 3 heterocycles. The van der Waals surface area contributed by atoms with Crippen LogP contribution in [0, 0.1) is 0 Å². The van der Waals surface area contributed by atoms with Crippen LogP contribution in [-0.4, -0.2) is 35.1 Å². The summed E-state index contributed by atoms with van der Waals surface area (Å²) in [5.41, 5.74) is 2.33. The lowest BCUT2D eigenvalue weighted by Crippen LogP contribution is -2.32. The minimum atomic E-state index is -0.175. The van der Waals surface area contributed by atoms with Crippen molar-refractivity contribution >= 4 is 11.6 Å². The van der Waals surface area contributed by atoms with E-state index in [2.05, 4.69) is 20.6 Å². The Morgan fingerprint density at radius 3 is 3.09 bits per heavy atom. The van der Waals surface area contributed by atoms with E-state index in [9.17, 15) is 4.79 Å². The molecule has 1 fully saturated rings. The maximum atomic E-state index is 12.2. The van der Waals surface area contributed by atoms with Gasteiger partial charge in [0.1, 0.15) is 5.69 Å². The van der Waals surface area contributed by atoms with Crippen molar-refractivity contribution in [2.24, 2.45) is 0 Å². The molecule has 0 aromatic carbocycles. The van der Waals surface area contributed by atoms with E-state index in [1.165, 1.54) is 0 Å². The van der Waals surface area contributed by atoms with Crippen molar-refractivity contribution in [1.29, 1.82) is 0 Å². The number of amides is 1. The van der Waals surface area contributed by atoms with Gasteiger partial charge in [-0.3, -0.25) is 14.8 Å². The zero-order valence-electron chi connectivity index (χ0n) is 12.9. The highest BCUT2D eigenvalue weighted by Crippen LogP contribution is 2.12. The molecule has 1 unspecified atom stereocenters. The van der Waals surface area contributed by atoms with Gasteiger partial charge in [0.15, 0.2) is 0 Å². The third kappa shape index (κ3) is 4.50. The van der Waals surface area contributed by atoms with Gasteiger partial charge in [0.2, 0.25) is 0 Å². The van der Waals surface area contributed by atoms with E-state index in [1.54, 1.807) is 18.5 Å². The quantitative estimate of drug-likeness (QED) is 0.853. The molecule has 6 heteroatoms. The molecule has 1 aliphatic rings. The Labute approximate surface area is 135 Å². The molecular weight excluding hydrogens is 292 g/mol. The highest BCUT2D eigenvalue weighted by atomic mass is 16.5. The smallest absolute Gasteiger partial charge is 0.270 e. The number of ether oxygens (including phenoxy) is 1. The predicted molar refractivity (Wildman–Crippen MR) is 87.1 cm³/mol. The van der Waals surface area contributed by atoms with E-state index in [-0.39, 0.29) is 12.0 Å². The maximum absolute atomic E-state index is 12.2. The third-order valence-corrected chi connectivity index (χ3v) is 3.73. The topological polar surface area (TPSA) is 76.1 Å². The molecule has 23 heavy (non-hydrogen) atoms. The summed E-state index contributed by atoms with van der Waals surface area (Å²) in [6.45, 7) is 1.97. The van der Waals surface area contributed by atoms with Crippen molar-refractivity contribution < 1.29 is 9.53 Å². The van der Waals surface area contributed by atoms with Crippen molar-refractivity contribution in [3.05, 3.63) is 54.1 Å². The van der Waals surface area contributed by atoms with Gasteiger partial charge >= 0.3 is 0 Å². The summed E-state index contributed by atoms with van der Waals surface area (Å²) >= 11 is 0. The Kier molecular flexibility index (Phi) is 5.16. The second-order valence-electron chi connectivity index (χ2n) is 5.49. The molecule has 1 atom stereocenters. The number of nitrogens with one attached hydrogen (secondary N) is 2. The number of hydrogen-bond donors (Lipinski definition) is 2. The first kappa shape index (κ1) is 15.4. The molecule has 3 rings (SSSR count). The van der Waals surface area contributed by atoms with Crippen LogP contribution in [0.3, 0.4) is 0 Å². The van der Waals surface area contributed by atoms with E-state index < -0.39 is 0 Å². The molecule has 0 bridgehead atoms. The molecule has 0 saturated carbocycles. The lowest BCUT2D eigenvalue weighted by Gasteiger charge is -2.11. The summed E-state index contributed by atoms with van der Waals surface area (Å²) in [6.07, 6.45) is 7.38. The van der Waals surface area contributed by atoms with Crippen LogP contribution in [0.5, 0.6) is 0 Å². The van der Waals surface area contributed by atoms with Crippen LogP contribution in [-0.2, 0) is 11.3 Å². The monoisotopic (exact) mass is 312 g/mol. The van der Waals surface area contributed by atoms with Gasteiger partial charge in [-0.05, 0) is 36.6 Å². The summed E-state index contributed by atoms with van der Waals surface area (Å²) in [5.74, 6) is -0.175. The molecular formula is C17H20N4O2. The van der Waals surface area contributed by atoms with Crippen LogP contribution in [0.1, 0.15) is 28.9 Å². The summed E-state index contributed by atoms with van der Waals surface area (Å²) in [4.78, 5) is 20.4. The molecule has 2 aromatic rings. The largest absolute Gasteiger partial charge is 0.381 e. The van der Waals surface area contributed by atoms with Gasteiger partial charge in [-0.2, -0.15) is 0 Å². The van der Waals surface area contributed by atoms with E-state index in [0.717, 1.165) is 30.7 Å². The number of aromatic nitrogens is 2. The first-order valence-corrected chi connectivity index (χ1v) is 7.80. The van der Waals surface area contributed by atoms with Crippen LogP contribution in [0.4, 0.5) is 5.69 Å². The zero-order chi connectivity index (χ0) is 15.9. The van der Waals surface area contributed by atoms with Crippen LogP contribution in [0.25, 0.3) is 0 Å². The Bertz CT molecular complexity index is 642. The number of pyridine rings is 2. The number of rotatable bonds is 6. The normalized spacial score (nSPS) is 17.0. The summed E-state index contributed by atoms with van der Waals surface area (Å²) < 4.78 is 5.50. The molecule has 2 N–H and O–H groups in total. The zero-order valence-corrected chi connectivity index (χ0v) is 12.9. The first-order valence-electron chi connectivity index (χ1n) is 7.80. The van der Waals surface area contributed by atoms with E-state index >= 15 is 0 Å². The summed E-state index contributed by atoms with van der Waals surface area (Å²) in [5, 5.41) is 6.15. The van der Waals surface area contributed by atoms with Crippen molar-refractivity contribution in [3.8, 4) is 0 Å². The fourth-order valence-corrected chi connectivity index (χ4v) is 2.47. The van der Waals surface area contributed by atoms with Crippen molar-refractivity contribution in [3.63, 3.8) is 0 Å². The van der Waals surface area contributed by atoms with Gasteiger partial charge in [0.05, 0.1) is 6.10 Å². The number of hydrogen-bond acceptors (Lipinski definition) is 5. The highest BCUT2D eigenvalue weighted by molar-refractivity contribution is 5.93. The average molecular weight is 312 g/mol. The Morgan fingerprint density at radius 2 is 2.30 bits per heavy atom. The summed E-state index contributed by atoms with van der Waals surface area (Å²) in [7, 11) is 0.